The van der Waals surface area contributed by atoms with Crippen molar-refractivity contribution in [1.82, 2.24) is 31.2 Å². The summed E-state index contributed by atoms with van der Waals surface area (Å²) in [5.41, 5.74) is 1.98. The molecule has 1 unspecified atom stereocenters. The van der Waals surface area contributed by atoms with Gasteiger partial charge in [-0.1, -0.05) is 107 Å². The molecular weight excluding hydrogens is 660 g/mol. The number of alkyl carbamates (subject to hydrolysis) is 1. The molecule has 6 N–H and O–H groups in total. The summed E-state index contributed by atoms with van der Waals surface area (Å²) in [6.45, 7) is 8.31. The lowest BCUT2D eigenvalue weighted by molar-refractivity contribution is -0.131. The number of carbonyl (C=O) groups is 4. The molecule has 1 heterocycles. The summed E-state index contributed by atoms with van der Waals surface area (Å²) in [5.74, 6) is -1.35. The predicted octanol–water partition coefficient (Wildman–Crippen LogP) is 4.57. The Labute approximate surface area is 307 Å². The molecule has 0 saturated heterocycles. The average Bonchev–Trinajstić information content (AvgIpc) is 3.67. The van der Waals surface area contributed by atoms with Crippen LogP contribution >= 0.6 is 0 Å². The van der Waals surface area contributed by atoms with Crippen molar-refractivity contribution < 1.29 is 30.4 Å². The van der Waals surface area contributed by atoms with E-state index in [1.807, 2.05) is 76.2 Å². The van der Waals surface area contributed by atoms with Crippen molar-refractivity contribution in [1.29, 1.82) is 0 Å². The molecule has 4 rings (SSSR count). The highest BCUT2D eigenvalue weighted by atomic mass is 16.5. The lowest BCUT2D eigenvalue weighted by Gasteiger charge is -2.29. The normalized spacial score (nSPS) is 14.4. The fourth-order valence-corrected chi connectivity index (χ4v) is 5.79. The zero-order valence-electron chi connectivity index (χ0n) is 31.4. The fourth-order valence-electron chi connectivity index (χ4n) is 5.79. The largest absolute Gasteiger partial charge is 0.445 e. The first-order valence-electron chi connectivity index (χ1n) is 18.4. The number of aliphatic hydroxyl groups is 1. The summed E-state index contributed by atoms with van der Waals surface area (Å²) in [6.07, 6.45) is 1.76. The highest BCUT2D eigenvalue weighted by molar-refractivity contribution is 5.93. The summed E-state index contributed by atoms with van der Waals surface area (Å²) >= 11 is 0. The number of nitrogens with zero attached hydrogens (tertiary/aromatic N) is 1. The number of fused-ring (bicyclic) bond motifs is 1. The van der Waals surface area contributed by atoms with E-state index >= 15 is 0 Å². The number of imidazole rings is 1. The van der Waals surface area contributed by atoms with Crippen LogP contribution in [0.3, 0.4) is 0 Å². The number of amides is 4. The van der Waals surface area contributed by atoms with Gasteiger partial charge in [-0.3, -0.25) is 14.4 Å². The number of benzene rings is 3. The predicted molar refractivity (Wildman–Crippen MR) is 200 cm³/mol. The van der Waals surface area contributed by atoms with Crippen molar-refractivity contribution in [3.8, 4) is 0 Å². The van der Waals surface area contributed by atoms with Gasteiger partial charge in [-0.25, -0.2) is 9.78 Å². The van der Waals surface area contributed by atoms with Crippen LogP contribution in [0.15, 0.2) is 85.3 Å². The van der Waals surface area contributed by atoms with Crippen molar-refractivity contribution in [2.75, 3.05) is 6.54 Å². The third kappa shape index (κ3) is 12.5. The third-order valence-electron chi connectivity index (χ3n) is 8.93. The number of aromatic nitrogens is 2. The number of carbonyl (C=O) groups excluding carboxylic acids is 4. The minimum Gasteiger partial charge on any atom is -0.445 e. The molecule has 0 aliphatic rings. The molecule has 1 aromatic heterocycles. The van der Waals surface area contributed by atoms with Crippen LogP contribution in [0.2, 0.25) is 1.41 Å². The van der Waals surface area contributed by atoms with Gasteiger partial charge in [-0.05, 0) is 40.2 Å². The molecule has 0 radical (unpaired) electrons. The van der Waals surface area contributed by atoms with E-state index in [0.29, 0.717) is 29.5 Å². The van der Waals surface area contributed by atoms with Crippen molar-refractivity contribution in [3.05, 3.63) is 102 Å². The van der Waals surface area contributed by atoms with Crippen molar-refractivity contribution >= 4 is 34.6 Å². The second-order valence-electron chi connectivity index (χ2n) is 13.7. The molecule has 52 heavy (non-hydrogen) atoms. The maximum atomic E-state index is 14.3. The Bertz CT molecular complexity index is 1770. The minimum atomic E-state index is -1.40. The van der Waals surface area contributed by atoms with Crippen molar-refractivity contribution in [2.45, 2.75) is 90.6 Å². The molecular formula is C40H52N6O6. The summed E-state index contributed by atoms with van der Waals surface area (Å²) in [7, 11) is 0. The van der Waals surface area contributed by atoms with Crippen LogP contribution < -0.4 is 21.3 Å². The molecule has 278 valence electrons. The monoisotopic (exact) mass is 713 g/mol. The van der Waals surface area contributed by atoms with Gasteiger partial charge in [0.1, 0.15) is 18.7 Å². The van der Waals surface area contributed by atoms with Gasteiger partial charge in [-0.2, -0.15) is 0 Å². The maximum Gasteiger partial charge on any atom is 0.408 e. The number of nitrogens with one attached hydrogen (secondary N) is 5. The van der Waals surface area contributed by atoms with E-state index in [1.54, 1.807) is 24.3 Å². The standard InChI is InChI=1S/C40H52N6O6/c1-5-27(4)22-42-37(48)21-36(47)33(18-26(2)3)44-39(50)35(20-31-23-41-25-43-31)45-38(49)34(46-40(51)52-24-28-12-7-6-8-13-28)19-30-16-11-15-29-14-9-10-17-32(29)30/h6-17,23,25-27,33-36,47H,5,18-22,24H2,1-4H3,(H,41,43)(H,42,48)(H,44,50)(H,45,49)(H,46,51)/t27?,33-,34-,35-,36-/m0/s1/i/hD. The van der Waals surface area contributed by atoms with Gasteiger partial charge in [-0.15, -0.1) is 0 Å². The van der Waals surface area contributed by atoms with E-state index in [1.165, 1.54) is 12.5 Å². The molecule has 0 bridgehead atoms. The Balaban J connectivity index is 1.58. The Morgan fingerprint density at radius 2 is 1.62 bits per heavy atom. The van der Waals surface area contributed by atoms with E-state index in [0.717, 1.165) is 22.8 Å². The average molecular weight is 714 g/mol. The smallest absolute Gasteiger partial charge is 0.408 e. The molecule has 0 saturated carbocycles. The van der Waals surface area contributed by atoms with Crippen LogP contribution in [-0.2, 0) is 38.6 Å². The van der Waals surface area contributed by atoms with E-state index in [2.05, 4.69) is 25.9 Å². The van der Waals surface area contributed by atoms with Crippen LogP contribution in [0.4, 0.5) is 4.79 Å². The van der Waals surface area contributed by atoms with Crippen molar-refractivity contribution in [3.63, 3.8) is 0 Å². The first-order chi connectivity index (χ1) is 25.4. The van der Waals surface area contributed by atoms with Gasteiger partial charge in [0.25, 0.3) is 0 Å². The maximum absolute atomic E-state index is 14.3. The lowest BCUT2D eigenvalue weighted by Crippen LogP contribution is -2.57. The number of rotatable bonds is 19. The molecule has 0 spiro atoms. The van der Waals surface area contributed by atoms with E-state index in [9.17, 15) is 24.3 Å². The molecule has 4 amide bonds. The molecule has 12 nitrogen and oxygen atoms in total. The summed E-state index contributed by atoms with van der Waals surface area (Å²) in [5, 5.41) is 22.0. The van der Waals surface area contributed by atoms with Gasteiger partial charge < -0.3 is 36.1 Å². The summed E-state index contributed by atoms with van der Waals surface area (Å²) in [4.78, 5) is 61.3. The van der Waals surface area contributed by atoms with Gasteiger partial charge in [0.2, 0.25) is 17.7 Å². The van der Waals surface area contributed by atoms with Crippen LogP contribution in [0.5, 0.6) is 0 Å². The first-order valence-corrected chi connectivity index (χ1v) is 17.9. The van der Waals surface area contributed by atoms with Crippen LogP contribution in [0.1, 0.15) is 63.8 Å². The summed E-state index contributed by atoms with van der Waals surface area (Å²) in [6, 6.07) is 18.8. The number of H-pyrrole nitrogens is 1. The van der Waals surface area contributed by atoms with Crippen molar-refractivity contribution in [2.24, 2.45) is 11.8 Å². The molecule has 3 aromatic carbocycles. The topological polar surface area (TPSA) is 175 Å². The molecule has 0 fully saturated rings. The number of hydrogen-bond acceptors (Lipinski definition) is 7. The Hall–Kier alpha value is -5.23. The first kappa shape index (κ1) is 38.0. The number of ether oxygens (including phenoxy) is 1. The zero-order chi connectivity index (χ0) is 38.3. The Kier molecular flexibility index (Phi) is 14.6. The Morgan fingerprint density at radius 1 is 0.904 bits per heavy atom. The molecule has 0 aliphatic heterocycles. The molecule has 12 heteroatoms. The lowest BCUT2D eigenvalue weighted by atomic mass is 9.96. The minimum absolute atomic E-state index is 0.00506. The summed E-state index contributed by atoms with van der Waals surface area (Å²) < 4.78 is 14.3. The van der Waals surface area contributed by atoms with Gasteiger partial charge in [0.05, 0.1) is 24.9 Å². The van der Waals surface area contributed by atoms with Crippen LogP contribution in [0, 0.1) is 11.8 Å². The highest BCUT2D eigenvalue weighted by Crippen LogP contribution is 2.20. The van der Waals surface area contributed by atoms with Gasteiger partial charge >= 0.3 is 6.09 Å². The second-order valence-corrected chi connectivity index (χ2v) is 13.7. The Morgan fingerprint density at radius 3 is 2.33 bits per heavy atom. The number of aliphatic hydroxyl groups excluding tert-OH is 1. The molecule has 5 atom stereocenters. The van der Waals surface area contributed by atoms with Gasteiger partial charge in [0.15, 0.2) is 1.41 Å². The fraction of sp³-hybridized carbons (Fsp3) is 0.425. The quantitative estimate of drug-likeness (QED) is 0.0826. The molecule has 0 aliphatic carbocycles. The number of aromatic amines is 1. The third-order valence-corrected chi connectivity index (χ3v) is 8.93. The number of hydrogen-bond donors (Lipinski definition) is 6. The van der Waals surface area contributed by atoms with E-state index in [-0.39, 0.29) is 43.6 Å². The van der Waals surface area contributed by atoms with Gasteiger partial charge in [0, 0.05) is 31.3 Å². The molecule has 4 aromatic rings. The second kappa shape index (κ2) is 20.0. The van der Waals surface area contributed by atoms with Crippen LogP contribution in [-0.4, -0.2) is 69.7 Å². The zero-order valence-corrected chi connectivity index (χ0v) is 30.4. The van der Waals surface area contributed by atoms with E-state index in [4.69, 9.17) is 6.15 Å². The SMILES string of the molecule is [2H]N(C(=O)OCc1ccccc1)[C@@H](Cc1cccc2ccccc12)C(=O)N[C@@H](Cc1cnc[nH]1)C(=O)N[C@@H](CC(C)C)[C@@H](O)CC(=O)NCC(C)CC. The van der Waals surface area contributed by atoms with Crippen LogP contribution in [0.25, 0.3) is 10.8 Å². The highest BCUT2D eigenvalue weighted by Gasteiger charge is 2.32. The van der Waals surface area contributed by atoms with E-state index < -0.39 is 42.1 Å².